The summed E-state index contributed by atoms with van der Waals surface area (Å²) in [5.41, 5.74) is 6.18. The Bertz CT molecular complexity index is 609. The van der Waals surface area contributed by atoms with E-state index >= 15 is 0 Å². The first-order valence-electron chi connectivity index (χ1n) is 6.02. The molecule has 7 heteroatoms. The van der Waals surface area contributed by atoms with Gasteiger partial charge in [-0.25, -0.2) is 0 Å². The Balaban J connectivity index is 2.25. The Labute approximate surface area is 121 Å². The number of hydrogen-bond acceptors (Lipinski definition) is 5. The van der Waals surface area contributed by atoms with Crippen molar-refractivity contribution in [1.82, 2.24) is 14.8 Å². The molecule has 2 aromatic rings. The third-order valence-corrected chi connectivity index (χ3v) is 4.02. The molecule has 0 saturated heterocycles. The molecule has 1 heterocycles. The number of hydrogen-bond donors (Lipinski definition) is 1. The van der Waals surface area contributed by atoms with Crippen molar-refractivity contribution in [1.29, 1.82) is 0 Å². The van der Waals surface area contributed by atoms with Crippen molar-refractivity contribution in [3.63, 3.8) is 0 Å². The number of ether oxygens (including phenoxy) is 1. The van der Waals surface area contributed by atoms with Crippen LogP contribution in [0.3, 0.4) is 0 Å². The summed E-state index contributed by atoms with van der Waals surface area (Å²) in [5.74, 6) is 1.14. The quantitative estimate of drug-likeness (QED) is 0.843. The summed E-state index contributed by atoms with van der Waals surface area (Å²) in [4.78, 5) is 11.1. The van der Waals surface area contributed by atoms with Crippen LogP contribution in [0.2, 0.25) is 0 Å². The SMILES string of the molecule is COc1ccc(-c2nnc(S[C@@H](C)C(N)=O)n2C)cc1. The molecule has 1 aromatic heterocycles. The van der Waals surface area contributed by atoms with Gasteiger partial charge in [-0.15, -0.1) is 10.2 Å². The molecular formula is C13H16N4O2S. The number of nitrogens with two attached hydrogens (primary N) is 1. The second-order valence-corrected chi connectivity index (χ2v) is 5.56. The molecule has 0 bridgehead atoms. The minimum absolute atomic E-state index is 0.346. The molecule has 106 valence electrons. The van der Waals surface area contributed by atoms with Crippen molar-refractivity contribution in [2.75, 3.05) is 7.11 Å². The van der Waals surface area contributed by atoms with Crippen molar-refractivity contribution >= 4 is 17.7 Å². The second kappa shape index (κ2) is 5.96. The Hall–Kier alpha value is -2.02. The lowest BCUT2D eigenvalue weighted by Gasteiger charge is -2.07. The van der Waals surface area contributed by atoms with Crippen LogP contribution in [-0.2, 0) is 11.8 Å². The van der Waals surface area contributed by atoms with E-state index < -0.39 is 0 Å². The number of carbonyl (C=O) groups is 1. The normalized spacial score (nSPS) is 12.2. The number of nitrogens with zero attached hydrogens (tertiary/aromatic N) is 3. The summed E-state index contributed by atoms with van der Waals surface area (Å²) in [6.45, 7) is 1.74. The molecule has 1 atom stereocenters. The van der Waals surface area contributed by atoms with Crippen molar-refractivity contribution < 1.29 is 9.53 Å². The molecule has 0 radical (unpaired) electrons. The standard InChI is InChI=1S/C13H16N4O2S/c1-8(11(14)18)20-13-16-15-12(17(13)2)9-4-6-10(19-3)7-5-9/h4-8H,1-3H3,(H2,14,18)/t8-/m0/s1. The van der Waals surface area contributed by atoms with E-state index in [0.717, 1.165) is 17.1 Å². The van der Waals surface area contributed by atoms with Gasteiger partial charge in [0, 0.05) is 12.6 Å². The predicted molar refractivity (Wildman–Crippen MR) is 77.5 cm³/mol. The monoisotopic (exact) mass is 292 g/mol. The van der Waals surface area contributed by atoms with E-state index in [2.05, 4.69) is 10.2 Å². The fraction of sp³-hybridized carbons (Fsp3) is 0.308. The maximum atomic E-state index is 11.1. The van der Waals surface area contributed by atoms with Crippen molar-refractivity contribution in [3.05, 3.63) is 24.3 Å². The highest BCUT2D eigenvalue weighted by Gasteiger charge is 2.17. The molecule has 2 N–H and O–H groups in total. The lowest BCUT2D eigenvalue weighted by molar-refractivity contribution is -0.117. The molecule has 6 nitrogen and oxygen atoms in total. The fourth-order valence-electron chi connectivity index (χ4n) is 1.63. The van der Waals surface area contributed by atoms with Crippen molar-refractivity contribution in [2.45, 2.75) is 17.3 Å². The molecule has 0 fully saturated rings. The molecule has 20 heavy (non-hydrogen) atoms. The molecule has 0 unspecified atom stereocenters. The minimum atomic E-state index is -0.371. The highest BCUT2D eigenvalue weighted by molar-refractivity contribution is 8.00. The molecule has 0 aliphatic rings. The van der Waals surface area contributed by atoms with E-state index in [1.807, 2.05) is 35.9 Å². The van der Waals surface area contributed by atoms with E-state index in [1.165, 1.54) is 11.8 Å². The van der Waals surface area contributed by atoms with Gasteiger partial charge in [0.1, 0.15) is 5.75 Å². The summed E-state index contributed by atoms with van der Waals surface area (Å²) >= 11 is 1.29. The Morgan fingerprint density at radius 2 is 2.00 bits per heavy atom. The van der Waals surface area contributed by atoms with Gasteiger partial charge in [-0.3, -0.25) is 4.79 Å². The van der Waals surface area contributed by atoms with E-state index in [4.69, 9.17) is 10.5 Å². The topological polar surface area (TPSA) is 83.0 Å². The lowest BCUT2D eigenvalue weighted by atomic mass is 10.2. The van der Waals surface area contributed by atoms with E-state index in [-0.39, 0.29) is 11.2 Å². The van der Waals surface area contributed by atoms with Crippen LogP contribution in [-0.4, -0.2) is 33.0 Å². The van der Waals surface area contributed by atoms with E-state index in [9.17, 15) is 4.79 Å². The molecule has 0 saturated carbocycles. The third-order valence-electron chi connectivity index (χ3n) is 2.87. The predicted octanol–water partition coefficient (Wildman–Crippen LogP) is 1.46. The minimum Gasteiger partial charge on any atom is -0.497 e. The number of carbonyl (C=O) groups excluding carboxylic acids is 1. The zero-order chi connectivity index (χ0) is 14.7. The van der Waals surface area contributed by atoms with Crippen molar-refractivity contribution in [3.8, 4) is 17.1 Å². The second-order valence-electron chi connectivity index (χ2n) is 4.26. The highest BCUT2D eigenvalue weighted by atomic mass is 32.2. The summed E-state index contributed by atoms with van der Waals surface area (Å²) in [7, 11) is 3.48. The first-order chi connectivity index (χ1) is 9.52. The number of thioether (sulfide) groups is 1. The maximum Gasteiger partial charge on any atom is 0.230 e. The highest BCUT2D eigenvalue weighted by Crippen LogP contribution is 2.26. The van der Waals surface area contributed by atoms with Crippen LogP contribution in [0.5, 0.6) is 5.75 Å². The van der Waals surface area contributed by atoms with Crippen LogP contribution in [0.25, 0.3) is 11.4 Å². The summed E-state index contributed by atoms with van der Waals surface area (Å²) in [6.07, 6.45) is 0. The zero-order valence-electron chi connectivity index (χ0n) is 11.5. The van der Waals surface area contributed by atoms with Gasteiger partial charge in [-0.1, -0.05) is 11.8 Å². The first-order valence-corrected chi connectivity index (χ1v) is 6.90. The van der Waals surface area contributed by atoms with Crippen LogP contribution in [0.4, 0.5) is 0 Å². The van der Waals surface area contributed by atoms with Crippen molar-refractivity contribution in [2.24, 2.45) is 12.8 Å². The van der Waals surface area contributed by atoms with E-state index in [0.29, 0.717) is 5.16 Å². The van der Waals surface area contributed by atoms with Gasteiger partial charge in [0.2, 0.25) is 5.91 Å². The average Bonchev–Trinajstić information content (AvgIpc) is 2.80. The molecular weight excluding hydrogens is 276 g/mol. The van der Waals surface area contributed by atoms with Gasteiger partial charge in [0.25, 0.3) is 0 Å². The average molecular weight is 292 g/mol. The third kappa shape index (κ3) is 2.93. The summed E-state index contributed by atoms with van der Waals surface area (Å²) in [6, 6.07) is 7.55. The molecule has 1 aromatic carbocycles. The lowest BCUT2D eigenvalue weighted by Crippen LogP contribution is -2.22. The largest absolute Gasteiger partial charge is 0.497 e. The summed E-state index contributed by atoms with van der Waals surface area (Å²) in [5, 5.41) is 8.56. The smallest absolute Gasteiger partial charge is 0.230 e. The Morgan fingerprint density at radius 3 is 2.55 bits per heavy atom. The molecule has 2 rings (SSSR count). The van der Waals surface area contributed by atoms with Crippen LogP contribution in [0.1, 0.15) is 6.92 Å². The van der Waals surface area contributed by atoms with Crippen LogP contribution in [0.15, 0.2) is 29.4 Å². The summed E-state index contributed by atoms with van der Waals surface area (Å²) < 4.78 is 6.96. The Kier molecular flexibility index (Phi) is 4.29. The van der Waals surface area contributed by atoms with Gasteiger partial charge in [-0.05, 0) is 31.2 Å². The van der Waals surface area contributed by atoms with Crippen LogP contribution < -0.4 is 10.5 Å². The van der Waals surface area contributed by atoms with Gasteiger partial charge in [0.15, 0.2) is 11.0 Å². The van der Waals surface area contributed by atoms with Gasteiger partial charge < -0.3 is 15.0 Å². The van der Waals surface area contributed by atoms with Gasteiger partial charge in [0.05, 0.1) is 12.4 Å². The van der Waals surface area contributed by atoms with E-state index in [1.54, 1.807) is 14.0 Å². The number of rotatable bonds is 5. The molecule has 1 amide bonds. The Morgan fingerprint density at radius 1 is 1.35 bits per heavy atom. The number of aromatic nitrogens is 3. The molecule has 0 spiro atoms. The fourth-order valence-corrected chi connectivity index (χ4v) is 2.39. The zero-order valence-corrected chi connectivity index (χ0v) is 12.3. The van der Waals surface area contributed by atoms with Gasteiger partial charge >= 0.3 is 0 Å². The molecule has 0 aliphatic carbocycles. The number of methoxy groups -OCH3 is 1. The first kappa shape index (κ1) is 14.4. The maximum absolute atomic E-state index is 11.1. The number of amides is 1. The van der Waals surface area contributed by atoms with Crippen LogP contribution >= 0.6 is 11.8 Å². The number of benzene rings is 1. The molecule has 0 aliphatic heterocycles. The van der Waals surface area contributed by atoms with Gasteiger partial charge in [-0.2, -0.15) is 0 Å². The van der Waals surface area contributed by atoms with Crippen LogP contribution in [0, 0.1) is 0 Å². The number of primary amides is 1.